The number of benzene rings is 1. The molecule has 20 heteroatoms. The number of fused-ring (bicyclic) bond motifs is 5. The van der Waals surface area contributed by atoms with Gasteiger partial charge in [-0.25, -0.2) is 18.2 Å². The van der Waals surface area contributed by atoms with Gasteiger partial charge in [0.15, 0.2) is 11.4 Å². The molecule has 2 aromatic rings. The van der Waals surface area contributed by atoms with Crippen molar-refractivity contribution in [3.05, 3.63) is 41.6 Å². The molecule has 4 N–H and O–H groups in total. The van der Waals surface area contributed by atoms with Crippen LogP contribution >= 0.6 is 0 Å². The molecule has 1 spiro atoms. The van der Waals surface area contributed by atoms with Crippen LogP contribution in [0.25, 0.3) is 10.9 Å². The molecule has 6 aliphatic rings. The van der Waals surface area contributed by atoms with Crippen LogP contribution in [0, 0.1) is 5.92 Å². The Morgan fingerprint density at radius 1 is 1.10 bits per heavy atom. The van der Waals surface area contributed by atoms with Gasteiger partial charge in [-0.3, -0.25) is 24.0 Å². The molecule has 16 nitrogen and oxygen atoms in total. The fraction of sp³-hybridized carbons (Fsp3) is 0.643. The van der Waals surface area contributed by atoms with Crippen molar-refractivity contribution in [3.8, 4) is 11.5 Å². The second-order valence-corrected chi connectivity index (χ2v) is 20.0. The van der Waals surface area contributed by atoms with Gasteiger partial charge in [0.2, 0.25) is 21.8 Å². The summed E-state index contributed by atoms with van der Waals surface area (Å²) in [7, 11) is -4.11. The average Bonchev–Trinajstić information content (AvgIpc) is 4.12. The third-order valence-corrected chi connectivity index (χ3v) is 15.5. The average molecular weight is 891 g/mol. The highest BCUT2D eigenvalue weighted by molar-refractivity contribution is 7.91. The summed E-state index contributed by atoms with van der Waals surface area (Å²) in [5.41, 5.74) is -4.19. The molecule has 0 unspecified atom stereocenters. The number of sulfonamides is 1. The minimum absolute atomic E-state index is 0.0426. The first kappa shape index (κ1) is 43.9. The number of hydrogen-bond acceptors (Lipinski definition) is 11. The van der Waals surface area contributed by atoms with E-state index >= 15 is 0 Å². The van der Waals surface area contributed by atoms with Gasteiger partial charge in [0.1, 0.15) is 29.0 Å². The van der Waals surface area contributed by atoms with Gasteiger partial charge in [-0.1, -0.05) is 25.0 Å². The Morgan fingerprint density at radius 3 is 2.60 bits per heavy atom. The van der Waals surface area contributed by atoms with Gasteiger partial charge in [-0.15, -0.1) is 0 Å². The normalized spacial score (nSPS) is 29.5. The van der Waals surface area contributed by atoms with Crippen LogP contribution in [0.15, 0.2) is 30.4 Å². The quantitative estimate of drug-likeness (QED) is 0.208. The summed E-state index contributed by atoms with van der Waals surface area (Å²) in [5.74, 6) is -3.21. The number of nitrogens with one attached hydrogen (secondary N) is 3. The number of carbonyl (C=O) groups is 4. The second-order valence-electron chi connectivity index (χ2n) is 17.8. The van der Waals surface area contributed by atoms with Gasteiger partial charge in [0, 0.05) is 42.9 Å². The number of carbonyl (C=O) groups excluding carboxylic acids is 3. The van der Waals surface area contributed by atoms with Crippen LogP contribution in [0.2, 0.25) is 0 Å². The predicted molar refractivity (Wildman–Crippen MR) is 217 cm³/mol. The van der Waals surface area contributed by atoms with Crippen molar-refractivity contribution < 1.29 is 60.1 Å². The van der Waals surface area contributed by atoms with Crippen molar-refractivity contribution in [3.63, 3.8) is 0 Å². The number of ether oxygens (including phenoxy) is 3. The van der Waals surface area contributed by atoms with Gasteiger partial charge in [0.25, 0.3) is 5.91 Å². The van der Waals surface area contributed by atoms with Crippen molar-refractivity contribution in [2.75, 3.05) is 46.0 Å². The van der Waals surface area contributed by atoms with Crippen LogP contribution in [0.4, 0.5) is 18.0 Å². The molecule has 338 valence electrons. The fourth-order valence-corrected chi connectivity index (χ4v) is 10.6. The number of hydrogen-bond donors (Lipinski definition) is 4. The summed E-state index contributed by atoms with van der Waals surface area (Å²) in [6, 6.07) is 1.96. The lowest BCUT2D eigenvalue weighted by Crippen LogP contribution is -2.58. The molecule has 2 saturated heterocycles. The van der Waals surface area contributed by atoms with E-state index in [1.165, 1.54) is 13.0 Å². The van der Waals surface area contributed by atoms with Crippen LogP contribution in [0.5, 0.6) is 11.5 Å². The van der Waals surface area contributed by atoms with Crippen molar-refractivity contribution in [1.82, 2.24) is 30.1 Å². The Morgan fingerprint density at radius 2 is 1.87 bits per heavy atom. The maximum atomic E-state index is 14.9. The number of allylic oxidation sites excluding steroid dienone is 1. The molecule has 0 bridgehead atoms. The number of pyridine rings is 1. The molecule has 8 rings (SSSR count). The summed E-state index contributed by atoms with van der Waals surface area (Å²) in [6.07, 6.45) is 0.925. The van der Waals surface area contributed by atoms with E-state index in [9.17, 15) is 45.9 Å². The highest BCUT2D eigenvalue weighted by Gasteiger charge is 2.64. The highest BCUT2D eigenvalue weighted by Crippen LogP contribution is 2.50. The lowest BCUT2D eigenvalue weighted by Gasteiger charge is -2.37. The molecule has 62 heavy (non-hydrogen) atoms. The number of morpholine rings is 1. The second kappa shape index (κ2) is 16.8. The maximum absolute atomic E-state index is 14.9. The summed E-state index contributed by atoms with van der Waals surface area (Å²) in [5, 5.41) is 15.2. The largest absolute Gasteiger partial charge is 0.494 e. The molecular weight excluding hydrogens is 838 g/mol. The minimum atomic E-state index is -4.95. The fourth-order valence-electron chi connectivity index (χ4n) is 9.24. The van der Waals surface area contributed by atoms with Crippen LogP contribution in [0.3, 0.4) is 0 Å². The standard InChI is InChI=1S/C42H53F3N6O10S/c1-39(14-15-39)62(57,58)49-37(54)41-23-26(41)8-5-3-2-4-6-9-31(47-38(55)56)36(53)51-25-40(24-32(51)35(52)48-41)13-12-28-29-22-27(60-19-7-16-50-17-20-59-21-18-50)10-11-30(29)46-34(33(28)61-40)42(43,44)45/h5,8,10-11,22,26,31-32,47H,2-4,6-7,9,12-21,23-25H2,1H3,(H,48,52)(H,49,54)(H,55,56)/b8-5-/t26-,31+,32+,40-,41-/m1/s1. The van der Waals surface area contributed by atoms with E-state index in [0.29, 0.717) is 69.5 Å². The minimum Gasteiger partial charge on any atom is -0.494 e. The van der Waals surface area contributed by atoms with Crippen molar-refractivity contribution in [2.45, 2.75) is 118 Å². The number of alkyl halides is 3. The van der Waals surface area contributed by atoms with Crippen molar-refractivity contribution >= 4 is 44.7 Å². The third kappa shape index (κ3) is 8.91. The number of nitrogens with zero attached hydrogens (tertiary/aromatic N) is 3. The van der Waals surface area contributed by atoms with Gasteiger partial charge in [-0.05, 0) is 82.9 Å². The zero-order valence-corrected chi connectivity index (χ0v) is 35.4. The van der Waals surface area contributed by atoms with Gasteiger partial charge in [0.05, 0.1) is 36.6 Å². The van der Waals surface area contributed by atoms with Gasteiger partial charge >= 0.3 is 12.3 Å². The molecular formula is C42H53F3N6O10S. The predicted octanol–water partition coefficient (Wildman–Crippen LogP) is 4.05. The monoisotopic (exact) mass is 890 g/mol. The molecule has 2 aliphatic carbocycles. The number of aromatic nitrogens is 1. The Bertz CT molecular complexity index is 2250. The first-order valence-corrected chi connectivity index (χ1v) is 22.9. The van der Waals surface area contributed by atoms with Crippen molar-refractivity contribution in [1.29, 1.82) is 0 Å². The Hall–Kier alpha value is -4.69. The summed E-state index contributed by atoms with van der Waals surface area (Å²) in [4.78, 5) is 62.3. The van der Waals surface area contributed by atoms with Gasteiger partial charge < -0.3 is 34.9 Å². The number of rotatable bonds is 9. The van der Waals surface area contributed by atoms with E-state index in [2.05, 4.69) is 25.2 Å². The van der Waals surface area contributed by atoms with E-state index < -0.39 is 85.3 Å². The first-order chi connectivity index (χ1) is 29.4. The molecule has 4 amide bonds. The van der Waals surface area contributed by atoms with E-state index in [1.807, 2.05) is 6.08 Å². The third-order valence-electron chi connectivity index (χ3n) is 13.3. The topological polar surface area (TPSA) is 206 Å². The number of amides is 4. The van der Waals surface area contributed by atoms with Crippen LogP contribution in [-0.2, 0) is 41.7 Å². The summed E-state index contributed by atoms with van der Waals surface area (Å²) in [6.45, 7) is 5.32. The Balaban J connectivity index is 1.10. The lowest BCUT2D eigenvalue weighted by molar-refractivity contribution is -0.144. The molecule has 1 aromatic heterocycles. The SMILES string of the molecule is CC1(S(=O)(=O)NC(=O)[C@@]23C[C@H]2/C=C\CCCCC[C@H](NC(=O)O)C(=O)N2C[C@@]4(CCc5c(c(C(F)(F)F)nc6ccc(OCCCN7CCOCC7)cc56)O4)C[C@H]2C(=O)N3)CC1. The number of aryl methyl sites for hydroxylation is 1. The van der Waals surface area contributed by atoms with Crippen LogP contribution in [-0.4, -0.2) is 126 Å². The zero-order chi connectivity index (χ0) is 44.1. The maximum Gasteiger partial charge on any atom is 0.437 e. The number of carboxylic acid groups (broad SMARTS) is 1. The molecule has 2 saturated carbocycles. The Labute approximate surface area is 357 Å². The Kier molecular flexibility index (Phi) is 11.9. The summed E-state index contributed by atoms with van der Waals surface area (Å²) >= 11 is 0. The van der Waals surface area contributed by atoms with Crippen LogP contribution in [0.1, 0.15) is 88.8 Å². The molecule has 4 aliphatic heterocycles. The molecule has 5 atom stereocenters. The van der Waals surface area contributed by atoms with E-state index in [1.54, 1.807) is 18.2 Å². The van der Waals surface area contributed by atoms with E-state index in [0.717, 1.165) is 31.0 Å². The zero-order valence-electron chi connectivity index (χ0n) is 34.6. The molecule has 4 fully saturated rings. The summed E-state index contributed by atoms with van der Waals surface area (Å²) < 4.78 is 89.9. The van der Waals surface area contributed by atoms with Crippen LogP contribution < -0.4 is 24.8 Å². The highest BCUT2D eigenvalue weighted by atomic mass is 32.2. The van der Waals surface area contributed by atoms with Gasteiger partial charge in [-0.2, -0.15) is 13.2 Å². The first-order valence-electron chi connectivity index (χ1n) is 21.4. The smallest absolute Gasteiger partial charge is 0.437 e. The molecule has 0 radical (unpaired) electrons. The van der Waals surface area contributed by atoms with Crippen molar-refractivity contribution in [2.24, 2.45) is 5.92 Å². The molecule has 5 heterocycles. The lowest BCUT2D eigenvalue weighted by atomic mass is 9.87. The molecule has 1 aromatic carbocycles. The number of halogens is 3. The van der Waals surface area contributed by atoms with E-state index in [4.69, 9.17) is 14.2 Å². The van der Waals surface area contributed by atoms with E-state index in [-0.39, 0.29) is 49.7 Å².